The van der Waals surface area contributed by atoms with E-state index in [0.29, 0.717) is 0 Å². The van der Waals surface area contributed by atoms with Crippen molar-refractivity contribution in [1.82, 2.24) is 0 Å². The summed E-state index contributed by atoms with van der Waals surface area (Å²) in [5.74, 6) is 0. The standard InChI is InChI=1S/C36H71P/c1-3-5-7-9-11-13-15-17-19-21-23-25-27-29-31-33-35-37-36-34-32-30-28-26-24-22-20-18-16-14-12-10-8-6-4-2/h17-20,37H,3-16,21-36H2,1-2H3/b19-17-,20-18-. The van der Waals surface area contributed by atoms with Crippen LogP contribution in [0.15, 0.2) is 24.3 Å². The minimum atomic E-state index is 1.24. The van der Waals surface area contributed by atoms with Gasteiger partial charge in [-0.1, -0.05) is 154 Å². The maximum atomic E-state index is 2.45. The monoisotopic (exact) mass is 535 g/mol. The van der Waals surface area contributed by atoms with Crippen LogP contribution in [-0.4, -0.2) is 12.3 Å². The third kappa shape index (κ3) is 35.9. The molecule has 0 heterocycles. The molecule has 1 heteroatoms. The zero-order chi connectivity index (χ0) is 26.7. The van der Waals surface area contributed by atoms with Gasteiger partial charge in [-0.2, -0.15) is 0 Å². The molecule has 0 aliphatic carbocycles. The fraction of sp³-hybridized carbons (Fsp3) is 0.889. The van der Waals surface area contributed by atoms with Gasteiger partial charge in [0.15, 0.2) is 0 Å². The van der Waals surface area contributed by atoms with Gasteiger partial charge in [-0.15, -0.1) is 8.58 Å². The van der Waals surface area contributed by atoms with E-state index in [4.69, 9.17) is 0 Å². The van der Waals surface area contributed by atoms with E-state index < -0.39 is 0 Å². The second-order valence-corrected chi connectivity index (χ2v) is 13.1. The first-order valence-electron chi connectivity index (χ1n) is 17.4. The van der Waals surface area contributed by atoms with Crippen molar-refractivity contribution in [1.29, 1.82) is 0 Å². The molecule has 0 amide bonds. The Labute approximate surface area is 238 Å². The quantitative estimate of drug-likeness (QED) is 0.0457. The van der Waals surface area contributed by atoms with Crippen LogP contribution in [0.25, 0.3) is 0 Å². The normalized spacial score (nSPS) is 11.9. The molecule has 0 aromatic rings. The molecule has 0 saturated carbocycles. The molecule has 0 aromatic carbocycles. The average molecular weight is 535 g/mol. The van der Waals surface area contributed by atoms with Crippen molar-refractivity contribution in [3.05, 3.63) is 24.3 Å². The Balaban J connectivity index is 3.09. The predicted octanol–water partition coefficient (Wildman–Crippen LogP) is 13.7. The lowest BCUT2D eigenvalue weighted by molar-refractivity contribution is 0.606. The Bertz CT molecular complexity index is 398. The van der Waals surface area contributed by atoms with Gasteiger partial charge >= 0.3 is 0 Å². The van der Waals surface area contributed by atoms with Gasteiger partial charge in [-0.3, -0.25) is 0 Å². The number of hydrogen-bond acceptors (Lipinski definition) is 0. The summed E-state index contributed by atoms with van der Waals surface area (Å²) in [5.41, 5.74) is 0. The van der Waals surface area contributed by atoms with Crippen molar-refractivity contribution in [3.8, 4) is 0 Å². The molecule has 0 N–H and O–H groups in total. The summed E-state index contributed by atoms with van der Waals surface area (Å²) in [7, 11) is 1.24. The van der Waals surface area contributed by atoms with Crippen molar-refractivity contribution in [3.63, 3.8) is 0 Å². The topological polar surface area (TPSA) is 0 Å². The van der Waals surface area contributed by atoms with Crippen molar-refractivity contribution in [2.75, 3.05) is 12.3 Å². The fourth-order valence-corrected chi connectivity index (χ4v) is 6.37. The van der Waals surface area contributed by atoms with Gasteiger partial charge in [0, 0.05) is 0 Å². The smallest absolute Gasteiger partial charge is 0.0351 e. The van der Waals surface area contributed by atoms with Crippen LogP contribution < -0.4 is 0 Å². The van der Waals surface area contributed by atoms with Gasteiger partial charge in [-0.05, 0) is 76.5 Å². The molecule has 0 aliphatic heterocycles. The van der Waals surface area contributed by atoms with E-state index in [-0.39, 0.29) is 0 Å². The molecule has 0 aromatic heterocycles. The highest BCUT2D eigenvalue weighted by molar-refractivity contribution is 7.37. The number of allylic oxidation sites excluding steroid dienone is 4. The largest absolute Gasteiger partial charge is 0.122 e. The van der Waals surface area contributed by atoms with Crippen LogP contribution >= 0.6 is 8.58 Å². The zero-order valence-corrected chi connectivity index (χ0v) is 27.0. The first-order valence-corrected chi connectivity index (χ1v) is 18.8. The summed E-state index contributed by atoms with van der Waals surface area (Å²) in [6.07, 6.45) is 52.6. The van der Waals surface area contributed by atoms with E-state index in [1.807, 2.05) is 0 Å². The molecule has 37 heavy (non-hydrogen) atoms. The molecular formula is C36H71P. The molecule has 0 radical (unpaired) electrons. The Hall–Kier alpha value is -0.0900. The van der Waals surface area contributed by atoms with Gasteiger partial charge in [0.05, 0.1) is 0 Å². The van der Waals surface area contributed by atoms with Crippen LogP contribution in [0.2, 0.25) is 0 Å². The highest BCUT2D eigenvalue weighted by Gasteiger charge is 1.95. The fourth-order valence-electron chi connectivity index (χ4n) is 5.12. The maximum Gasteiger partial charge on any atom is -0.0351 e. The van der Waals surface area contributed by atoms with E-state index >= 15 is 0 Å². The number of unbranched alkanes of at least 4 members (excludes halogenated alkanes) is 24. The SMILES string of the molecule is CCCCCCCC/C=C\CCCCCCCCPCCCCCCCC/C=C\CCCCCCCC. The van der Waals surface area contributed by atoms with Crippen LogP contribution in [0.4, 0.5) is 0 Å². The van der Waals surface area contributed by atoms with E-state index in [0.717, 1.165) is 0 Å². The lowest BCUT2D eigenvalue weighted by Gasteiger charge is -2.03. The van der Waals surface area contributed by atoms with Crippen LogP contribution in [0.5, 0.6) is 0 Å². The van der Waals surface area contributed by atoms with Gasteiger partial charge < -0.3 is 0 Å². The minimum Gasteiger partial charge on any atom is -0.122 e. The molecule has 220 valence electrons. The highest BCUT2D eigenvalue weighted by Crippen LogP contribution is 2.18. The summed E-state index contributed by atoms with van der Waals surface area (Å²) < 4.78 is 0. The third-order valence-corrected chi connectivity index (χ3v) is 9.14. The molecular weight excluding hydrogens is 463 g/mol. The molecule has 0 saturated heterocycles. The van der Waals surface area contributed by atoms with Crippen LogP contribution in [0.3, 0.4) is 0 Å². The van der Waals surface area contributed by atoms with E-state index in [1.54, 1.807) is 0 Å². The Kier molecular flexibility index (Phi) is 35.8. The Morgan fingerprint density at radius 2 is 0.541 bits per heavy atom. The summed E-state index contributed by atoms with van der Waals surface area (Å²) in [6, 6.07) is 0. The highest BCUT2D eigenvalue weighted by atomic mass is 31.1. The summed E-state index contributed by atoms with van der Waals surface area (Å²) >= 11 is 0. The van der Waals surface area contributed by atoms with E-state index in [2.05, 4.69) is 38.2 Å². The first-order chi connectivity index (χ1) is 18.4. The molecule has 0 nitrogen and oxygen atoms in total. The second-order valence-electron chi connectivity index (χ2n) is 11.6. The molecule has 0 fully saturated rings. The molecule has 0 unspecified atom stereocenters. The molecule has 0 spiro atoms. The predicted molar refractivity (Wildman–Crippen MR) is 177 cm³/mol. The Morgan fingerprint density at radius 3 is 0.838 bits per heavy atom. The Morgan fingerprint density at radius 1 is 0.297 bits per heavy atom. The van der Waals surface area contributed by atoms with Crippen LogP contribution in [-0.2, 0) is 0 Å². The maximum absolute atomic E-state index is 2.45. The lowest BCUT2D eigenvalue weighted by atomic mass is 10.1. The third-order valence-electron chi connectivity index (χ3n) is 7.73. The van der Waals surface area contributed by atoms with Gasteiger partial charge in [0.25, 0.3) is 0 Å². The zero-order valence-electron chi connectivity index (χ0n) is 26.0. The van der Waals surface area contributed by atoms with E-state index in [9.17, 15) is 0 Å². The van der Waals surface area contributed by atoms with Crippen molar-refractivity contribution in [2.45, 2.75) is 194 Å². The molecule has 0 bridgehead atoms. The van der Waals surface area contributed by atoms with Gasteiger partial charge in [-0.25, -0.2) is 0 Å². The van der Waals surface area contributed by atoms with E-state index in [1.165, 1.54) is 201 Å². The minimum absolute atomic E-state index is 1.24. The van der Waals surface area contributed by atoms with Crippen molar-refractivity contribution < 1.29 is 0 Å². The van der Waals surface area contributed by atoms with Gasteiger partial charge in [0.2, 0.25) is 0 Å². The number of hydrogen-bond donors (Lipinski definition) is 0. The summed E-state index contributed by atoms with van der Waals surface area (Å²) in [4.78, 5) is 0. The molecule has 0 rings (SSSR count). The van der Waals surface area contributed by atoms with Gasteiger partial charge in [0.1, 0.15) is 0 Å². The average Bonchev–Trinajstić information content (AvgIpc) is 2.91. The summed E-state index contributed by atoms with van der Waals surface area (Å²) in [5, 5.41) is 0. The molecule has 0 aliphatic rings. The van der Waals surface area contributed by atoms with Crippen molar-refractivity contribution in [2.24, 2.45) is 0 Å². The second kappa shape index (κ2) is 35.9. The first kappa shape index (κ1) is 36.9. The lowest BCUT2D eigenvalue weighted by Crippen LogP contribution is -1.85. The number of rotatable bonds is 32. The summed E-state index contributed by atoms with van der Waals surface area (Å²) in [6.45, 7) is 4.59. The molecule has 0 atom stereocenters. The van der Waals surface area contributed by atoms with Crippen LogP contribution in [0, 0.1) is 0 Å². The van der Waals surface area contributed by atoms with Crippen LogP contribution in [0.1, 0.15) is 194 Å². The van der Waals surface area contributed by atoms with Crippen molar-refractivity contribution >= 4 is 8.58 Å².